The molecule has 2 aromatic rings. The number of allylic oxidation sites excluding steroid dienone is 2. The second kappa shape index (κ2) is 11.5. The Hall–Kier alpha value is -3.00. The third kappa shape index (κ3) is 7.89. The smallest absolute Gasteiger partial charge is 0.207 e. The second-order valence-corrected chi connectivity index (χ2v) is 4.93. The normalized spacial score (nSPS) is 11.4. The van der Waals surface area contributed by atoms with Crippen LogP contribution in [0.4, 0.5) is 0 Å². The summed E-state index contributed by atoms with van der Waals surface area (Å²) in [6, 6.07) is 3.68. The SMILES string of the molecule is CN/C(C)=C\C(=N/CN)c1ccco1.Cc1cnc(CNC=O)cn1. The molecule has 0 bridgehead atoms. The van der Waals surface area contributed by atoms with Gasteiger partial charge in [-0.15, -0.1) is 0 Å². The Bertz CT molecular complexity index is 678. The van der Waals surface area contributed by atoms with Gasteiger partial charge in [-0.05, 0) is 32.1 Å². The van der Waals surface area contributed by atoms with Crippen LogP contribution in [0.2, 0.25) is 0 Å². The van der Waals surface area contributed by atoms with Crippen molar-refractivity contribution in [1.29, 1.82) is 0 Å². The lowest BCUT2D eigenvalue weighted by Gasteiger charge is -2.00. The van der Waals surface area contributed by atoms with E-state index in [0.29, 0.717) is 13.0 Å². The molecule has 4 N–H and O–H groups in total. The Kier molecular flexibility index (Phi) is 9.24. The van der Waals surface area contributed by atoms with Crippen molar-refractivity contribution in [2.24, 2.45) is 10.7 Å². The number of amides is 1. The van der Waals surface area contributed by atoms with Gasteiger partial charge in [-0.1, -0.05) is 0 Å². The van der Waals surface area contributed by atoms with Crippen LogP contribution in [0.3, 0.4) is 0 Å². The largest absolute Gasteiger partial charge is 0.463 e. The molecule has 8 heteroatoms. The van der Waals surface area contributed by atoms with Crippen LogP contribution in [0.25, 0.3) is 0 Å². The molecule has 0 unspecified atom stereocenters. The summed E-state index contributed by atoms with van der Waals surface area (Å²) in [6.45, 7) is 4.51. The number of carbonyl (C=O) groups excluding carboxylic acids is 1. The molecule has 25 heavy (non-hydrogen) atoms. The fraction of sp³-hybridized carbons (Fsp3) is 0.294. The monoisotopic (exact) mass is 344 g/mol. The molecular weight excluding hydrogens is 320 g/mol. The van der Waals surface area contributed by atoms with E-state index in [-0.39, 0.29) is 6.67 Å². The lowest BCUT2D eigenvalue weighted by molar-refractivity contribution is -0.109. The third-order valence-corrected chi connectivity index (χ3v) is 2.98. The van der Waals surface area contributed by atoms with E-state index in [0.717, 1.165) is 28.6 Å². The van der Waals surface area contributed by atoms with Gasteiger partial charge in [0.15, 0.2) is 5.76 Å². The van der Waals surface area contributed by atoms with Crippen molar-refractivity contribution in [2.75, 3.05) is 13.7 Å². The second-order valence-electron chi connectivity index (χ2n) is 4.93. The predicted octanol–water partition coefficient (Wildman–Crippen LogP) is 1.14. The van der Waals surface area contributed by atoms with Crippen LogP contribution in [-0.4, -0.2) is 35.8 Å². The average molecular weight is 344 g/mol. The first-order valence-electron chi connectivity index (χ1n) is 7.69. The number of hydrogen-bond acceptors (Lipinski definition) is 7. The minimum Gasteiger partial charge on any atom is -0.463 e. The summed E-state index contributed by atoms with van der Waals surface area (Å²) in [4.78, 5) is 22.1. The number of aliphatic imine (C=N–C) groups is 1. The summed E-state index contributed by atoms with van der Waals surface area (Å²) in [7, 11) is 1.86. The molecule has 8 nitrogen and oxygen atoms in total. The zero-order chi connectivity index (χ0) is 18.5. The van der Waals surface area contributed by atoms with Gasteiger partial charge in [0.05, 0.1) is 37.1 Å². The van der Waals surface area contributed by atoms with Gasteiger partial charge >= 0.3 is 0 Å². The molecule has 2 aromatic heterocycles. The highest BCUT2D eigenvalue weighted by Crippen LogP contribution is 2.05. The number of aryl methyl sites for hydroxylation is 1. The number of carbonyl (C=O) groups is 1. The molecule has 2 rings (SSSR count). The molecule has 0 radical (unpaired) electrons. The molecular formula is C17H24N6O2. The first-order chi connectivity index (χ1) is 12.1. The fourth-order valence-electron chi connectivity index (χ4n) is 1.65. The molecule has 0 atom stereocenters. The lowest BCUT2D eigenvalue weighted by atomic mass is 10.2. The molecule has 0 fully saturated rings. The summed E-state index contributed by atoms with van der Waals surface area (Å²) >= 11 is 0. The van der Waals surface area contributed by atoms with Crippen LogP contribution < -0.4 is 16.4 Å². The minimum atomic E-state index is 0.253. The van der Waals surface area contributed by atoms with Gasteiger partial charge in [0.2, 0.25) is 6.41 Å². The minimum absolute atomic E-state index is 0.253. The zero-order valence-electron chi connectivity index (χ0n) is 14.7. The van der Waals surface area contributed by atoms with Crippen molar-refractivity contribution >= 4 is 12.1 Å². The van der Waals surface area contributed by atoms with E-state index in [4.69, 9.17) is 10.2 Å². The van der Waals surface area contributed by atoms with Gasteiger partial charge in [-0.3, -0.25) is 19.8 Å². The van der Waals surface area contributed by atoms with Crippen molar-refractivity contribution in [3.63, 3.8) is 0 Å². The number of aromatic nitrogens is 2. The van der Waals surface area contributed by atoms with Crippen molar-refractivity contribution in [3.8, 4) is 0 Å². The topological polar surface area (TPSA) is 118 Å². The van der Waals surface area contributed by atoms with Crippen molar-refractivity contribution < 1.29 is 9.21 Å². The molecule has 0 aliphatic carbocycles. The number of rotatable bonds is 7. The van der Waals surface area contributed by atoms with Gasteiger partial charge in [-0.25, -0.2) is 0 Å². The van der Waals surface area contributed by atoms with Crippen LogP contribution >= 0.6 is 0 Å². The first kappa shape index (κ1) is 20.0. The summed E-state index contributed by atoms with van der Waals surface area (Å²) in [5, 5.41) is 5.51. The highest BCUT2D eigenvalue weighted by Gasteiger charge is 2.02. The Morgan fingerprint density at radius 2 is 2.20 bits per heavy atom. The highest BCUT2D eigenvalue weighted by molar-refractivity contribution is 6.07. The zero-order valence-corrected chi connectivity index (χ0v) is 14.7. The summed E-state index contributed by atoms with van der Waals surface area (Å²) in [5.74, 6) is 0.727. The van der Waals surface area contributed by atoms with Crippen LogP contribution in [0.5, 0.6) is 0 Å². The molecule has 0 aliphatic rings. The molecule has 0 saturated carbocycles. The summed E-state index contributed by atoms with van der Waals surface area (Å²) in [5.41, 5.74) is 8.78. The first-order valence-corrected chi connectivity index (χ1v) is 7.69. The number of nitrogens with zero attached hydrogens (tertiary/aromatic N) is 3. The molecule has 1 amide bonds. The van der Waals surface area contributed by atoms with E-state index in [1.54, 1.807) is 18.7 Å². The van der Waals surface area contributed by atoms with E-state index in [9.17, 15) is 4.79 Å². The van der Waals surface area contributed by atoms with Gasteiger partial charge in [0, 0.05) is 18.9 Å². The average Bonchev–Trinajstić information content (AvgIpc) is 3.16. The quantitative estimate of drug-likeness (QED) is 0.512. The van der Waals surface area contributed by atoms with Gasteiger partial charge in [-0.2, -0.15) is 0 Å². The number of nitrogens with two attached hydrogens (primary N) is 1. The molecule has 0 saturated heterocycles. The van der Waals surface area contributed by atoms with Crippen LogP contribution in [0, 0.1) is 6.92 Å². The highest BCUT2D eigenvalue weighted by atomic mass is 16.3. The molecule has 2 heterocycles. The molecule has 134 valence electrons. The number of furan rings is 1. The molecule has 0 aromatic carbocycles. The Morgan fingerprint density at radius 3 is 2.72 bits per heavy atom. The molecule has 0 aliphatic heterocycles. The van der Waals surface area contributed by atoms with Gasteiger partial charge in [0.25, 0.3) is 0 Å². The van der Waals surface area contributed by atoms with E-state index in [2.05, 4.69) is 25.6 Å². The predicted molar refractivity (Wildman–Crippen MR) is 96.8 cm³/mol. The molecule has 0 spiro atoms. The van der Waals surface area contributed by atoms with Gasteiger partial charge < -0.3 is 20.8 Å². The number of nitrogens with one attached hydrogen (secondary N) is 2. The summed E-state index contributed by atoms with van der Waals surface area (Å²) in [6.07, 6.45) is 7.46. The van der Waals surface area contributed by atoms with Crippen molar-refractivity contribution in [3.05, 3.63) is 59.7 Å². The third-order valence-electron chi connectivity index (χ3n) is 2.98. The number of hydrogen-bond donors (Lipinski definition) is 3. The van der Waals surface area contributed by atoms with Crippen LogP contribution in [-0.2, 0) is 11.3 Å². The fourth-order valence-corrected chi connectivity index (χ4v) is 1.65. The Labute approximate surface area is 147 Å². The Balaban J connectivity index is 0.000000257. The lowest BCUT2D eigenvalue weighted by Crippen LogP contribution is -2.11. The maximum absolute atomic E-state index is 9.89. The Morgan fingerprint density at radius 1 is 1.40 bits per heavy atom. The van der Waals surface area contributed by atoms with E-state index >= 15 is 0 Å². The van der Waals surface area contributed by atoms with Crippen LogP contribution in [0.1, 0.15) is 24.1 Å². The maximum Gasteiger partial charge on any atom is 0.207 e. The standard InChI is InChI=1S/C10H15N3O.C7H9N3O/c1-8(12-2)6-9(13-7-11)10-4-3-5-14-10;1-6-2-10-7(4-9-6)3-8-5-11/h3-6,12H,7,11H2,1-2H3;2,4-5H,3H2,1H3,(H,8,11)/b8-6-,13-9+;. The van der Waals surface area contributed by atoms with Crippen LogP contribution in [0.15, 0.2) is 52.0 Å². The van der Waals surface area contributed by atoms with Crippen molar-refractivity contribution in [1.82, 2.24) is 20.6 Å². The van der Waals surface area contributed by atoms with E-state index in [1.165, 1.54) is 0 Å². The maximum atomic E-state index is 9.89. The van der Waals surface area contributed by atoms with E-state index in [1.807, 2.05) is 39.1 Å². The van der Waals surface area contributed by atoms with Crippen molar-refractivity contribution in [2.45, 2.75) is 20.4 Å². The van der Waals surface area contributed by atoms with Gasteiger partial charge in [0.1, 0.15) is 5.71 Å². The van der Waals surface area contributed by atoms with E-state index < -0.39 is 0 Å². The summed E-state index contributed by atoms with van der Waals surface area (Å²) < 4.78 is 5.23.